The van der Waals surface area contributed by atoms with Crippen LogP contribution in [0.25, 0.3) is 0 Å². The lowest BCUT2D eigenvalue weighted by Gasteiger charge is -1.96. The average molecular weight is 137 g/mol. The van der Waals surface area contributed by atoms with Gasteiger partial charge in [0.15, 0.2) is 0 Å². The Balaban J connectivity index is 2.54. The van der Waals surface area contributed by atoms with E-state index in [1.165, 1.54) is 0 Å². The van der Waals surface area contributed by atoms with Gasteiger partial charge in [-0.25, -0.2) is 0 Å². The first-order valence-corrected chi connectivity index (χ1v) is 3.56. The van der Waals surface area contributed by atoms with Gasteiger partial charge in [0.25, 0.3) is 0 Å². The fourth-order valence-electron chi connectivity index (χ4n) is 0.755. The Morgan fingerprint density at radius 2 is 2.44 bits per heavy atom. The minimum atomic E-state index is 1.05. The van der Waals surface area contributed by atoms with E-state index in [-0.39, 0.29) is 0 Å². The van der Waals surface area contributed by atoms with Crippen LogP contribution in [0.1, 0.15) is 19.3 Å². The molecule has 0 N–H and O–H groups in total. The summed E-state index contributed by atoms with van der Waals surface area (Å²) in [7, 11) is 0. The lowest BCUT2D eigenvalue weighted by molar-refractivity contribution is 0.885. The zero-order valence-corrected chi connectivity index (χ0v) is 6.08. The van der Waals surface area contributed by atoms with Crippen molar-refractivity contribution in [2.45, 2.75) is 19.3 Å². The van der Waals surface area contributed by atoms with E-state index in [4.69, 9.17) is 12.2 Å². The largest absolute Gasteiger partial charge is 0.0849 e. The van der Waals surface area contributed by atoms with Gasteiger partial charge < -0.3 is 0 Å². The van der Waals surface area contributed by atoms with Crippen LogP contribution < -0.4 is 0 Å². The second-order valence-electron chi connectivity index (χ2n) is 2.05. The van der Waals surface area contributed by atoms with Crippen LogP contribution in [0.5, 0.6) is 0 Å². The lowest BCUT2D eigenvalue weighted by Crippen LogP contribution is -1.89. The molecule has 0 atom stereocenters. The number of rotatable bonds is 0. The van der Waals surface area contributed by atoms with Gasteiger partial charge in [0, 0.05) is 4.86 Å². The molecule has 0 nitrogen and oxygen atoms in total. The first kappa shape index (κ1) is 6.69. The lowest BCUT2D eigenvalue weighted by atomic mass is 10.1. The van der Waals surface area contributed by atoms with Gasteiger partial charge in [-0.2, -0.15) is 0 Å². The van der Waals surface area contributed by atoms with Crippen molar-refractivity contribution in [3.63, 3.8) is 0 Å². The molecule has 0 amide bonds. The van der Waals surface area contributed by atoms with Gasteiger partial charge in [-0.3, -0.25) is 0 Å². The summed E-state index contributed by atoms with van der Waals surface area (Å²) in [6, 6.07) is 0. The smallest absolute Gasteiger partial charge is 0.0152 e. The molecule has 0 fully saturated rings. The number of thiocarbonyl (C=S) groups is 1. The molecule has 47 valence electrons. The van der Waals surface area contributed by atoms with Gasteiger partial charge >= 0.3 is 0 Å². The molecule has 0 heterocycles. The van der Waals surface area contributed by atoms with Crippen molar-refractivity contribution in [1.29, 1.82) is 0 Å². The highest BCUT2D eigenvalue weighted by Gasteiger charge is 1.91. The van der Waals surface area contributed by atoms with E-state index in [9.17, 15) is 0 Å². The first-order valence-electron chi connectivity index (χ1n) is 3.16. The molecule has 1 radical (unpaired) electrons. The van der Waals surface area contributed by atoms with Gasteiger partial charge in [0.2, 0.25) is 0 Å². The van der Waals surface area contributed by atoms with Crippen molar-refractivity contribution in [1.82, 2.24) is 0 Å². The van der Waals surface area contributed by atoms with E-state index in [0.717, 1.165) is 24.1 Å². The number of hydrogen-bond donors (Lipinski definition) is 0. The van der Waals surface area contributed by atoms with E-state index in [1.54, 1.807) is 0 Å². The normalized spacial score (nSPS) is 26.4. The molecule has 1 rings (SSSR count). The predicted molar refractivity (Wildman–Crippen MR) is 43.4 cm³/mol. The maximum atomic E-state index is 5.02. The van der Waals surface area contributed by atoms with E-state index in [2.05, 4.69) is 6.08 Å². The standard InChI is InChI=1S/C8H9S/c9-8-6-4-2-1-3-5-7-8/h2,4,6H,3,5,7H2/b2-1?,6-4-. The van der Waals surface area contributed by atoms with Crippen molar-refractivity contribution in [3.05, 3.63) is 24.3 Å². The SMILES string of the molecule is S=C1/C=C\C=[C]/CCC1. The molecule has 0 aromatic heterocycles. The third-order valence-electron chi connectivity index (χ3n) is 1.24. The van der Waals surface area contributed by atoms with Crippen LogP contribution in [0.4, 0.5) is 0 Å². The predicted octanol–water partition coefficient (Wildman–Crippen LogP) is 2.46. The second kappa shape index (κ2) is 3.57. The van der Waals surface area contributed by atoms with Crippen molar-refractivity contribution in [2.75, 3.05) is 0 Å². The molecule has 1 aliphatic rings. The van der Waals surface area contributed by atoms with Crippen LogP contribution in [-0.4, -0.2) is 4.86 Å². The minimum absolute atomic E-state index is 1.05. The Labute approximate surface area is 61.3 Å². The van der Waals surface area contributed by atoms with Gasteiger partial charge in [0.05, 0.1) is 0 Å². The Hall–Kier alpha value is -0.430. The fraction of sp³-hybridized carbons (Fsp3) is 0.375. The maximum Gasteiger partial charge on any atom is 0.0152 e. The van der Waals surface area contributed by atoms with Crippen LogP contribution in [0, 0.1) is 6.08 Å². The van der Waals surface area contributed by atoms with E-state index in [1.807, 2.05) is 18.2 Å². The molecule has 1 heteroatoms. The molecule has 1 aliphatic carbocycles. The molecule has 0 aromatic carbocycles. The Morgan fingerprint density at radius 1 is 1.56 bits per heavy atom. The summed E-state index contributed by atoms with van der Waals surface area (Å²) in [4.78, 5) is 1.06. The Morgan fingerprint density at radius 3 is 3.33 bits per heavy atom. The van der Waals surface area contributed by atoms with E-state index in [0.29, 0.717) is 0 Å². The number of allylic oxidation sites excluding steroid dienone is 4. The molecule has 0 aromatic rings. The quantitative estimate of drug-likeness (QED) is 0.462. The van der Waals surface area contributed by atoms with Crippen molar-refractivity contribution in [3.8, 4) is 0 Å². The van der Waals surface area contributed by atoms with E-state index < -0.39 is 0 Å². The number of hydrogen-bond acceptors (Lipinski definition) is 1. The highest BCUT2D eigenvalue weighted by atomic mass is 32.1. The van der Waals surface area contributed by atoms with Gasteiger partial charge in [-0.05, 0) is 31.4 Å². The molecule has 0 saturated carbocycles. The molecule has 0 unspecified atom stereocenters. The molecule has 0 aliphatic heterocycles. The van der Waals surface area contributed by atoms with E-state index >= 15 is 0 Å². The first-order chi connectivity index (χ1) is 4.39. The molecule has 0 saturated heterocycles. The summed E-state index contributed by atoms with van der Waals surface area (Å²) in [5.74, 6) is 0. The summed E-state index contributed by atoms with van der Waals surface area (Å²) < 4.78 is 0. The Bertz CT molecular complexity index is 154. The van der Waals surface area contributed by atoms with Gasteiger partial charge in [-0.15, -0.1) is 0 Å². The summed E-state index contributed by atoms with van der Waals surface area (Å²) in [5.41, 5.74) is 0. The molecular weight excluding hydrogens is 128 g/mol. The molecule has 0 bridgehead atoms. The van der Waals surface area contributed by atoms with Crippen molar-refractivity contribution < 1.29 is 0 Å². The van der Waals surface area contributed by atoms with Gasteiger partial charge in [0.1, 0.15) is 0 Å². The summed E-state index contributed by atoms with van der Waals surface area (Å²) in [5, 5.41) is 0. The van der Waals surface area contributed by atoms with Crippen LogP contribution in [0.15, 0.2) is 18.2 Å². The average Bonchev–Trinajstić information content (AvgIpc) is 1.79. The monoisotopic (exact) mass is 137 g/mol. The third-order valence-corrected chi connectivity index (χ3v) is 1.58. The second-order valence-corrected chi connectivity index (χ2v) is 2.57. The molecule has 9 heavy (non-hydrogen) atoms. The van der Waals surface area contributed by atoms with Crippen LogP contribution in [0.2, 0.25) is 0 Å². The minimum Gasteiger partial charge on any atom is -0.0849 e. The van der Waals surface area contributed by atoms with Crippen molar-refractivity contribution >= 4 is 17.1 Å². The Kier molecular flexibility index (Phi) is 2.65. The topological polar surface area (TPSA) is 0 Å². The maximum absolute atomic E-state index is 5.02. The third kappa shape index (κ3) is 2.56. The molecule has 0 spiro atoms. The van der Waals surface area contributed by atoms with Crippen LogP contribution in [0.3, 0.4) is 0 Å². The highest BCUT2D eigenvalue weighted by Crippen LogP contribution is 2.02. The van der Waals surface area contributed by atoms with Crippen molar-refractivity contribution in [2.24, 2.45) is 0 Å². The van der Waals surface area contributed by atoms with Crippen LogP contribution >= 0.6 is 12.2 Å². The summed E-state index contributed by atoms with van der Waals surface area (Å²) in [6.45, 7) is 0. The zero-order valence-electron chi connectivity index (χ0n) is 5.26. The highest BCUT2D eigenvalue weighted by molar-refractivity contribution is 7.80. The summed E-state index contributed by atoms with van der Waals surface area (Å²) >= 11 is 5.02. The van der Waals surface area contributed by atoms with Gasteiger partial charge in [-0.1, -0.05) is 24.4 Å². The molecular formula is C8H9S. The zero-order chi connectivity index (χ0) is 6.53. The fourth-order valence-corrected chi connectivity index (χ4v) is 0.978. The van der Waals surface area contributed by atoms with Crippen LogP contribution in [-0.2, 0) is 0 Å². The summed E-state index contributed by atoms with van der Waals surface area (Å²) in [6.07, 6.45) is 12.3.